The number of nitrogens with zero attached hydrogens (tertiary/aromatic N) is 1. The van der Waals surface area contributed by atoms with E-state index in [1.165, 1.54) is 11.3 Å². The number of alkyl carbamates (subject to hydrolysis) is 1. The summed E-state index contributed by atoms with van der Waals surface area (Å²) in [6.07, 6.45) is 0.201. The van der Waals surface area contributed by atoms with E-state index in [1.54, 1.807) is 27.9 Å². The molecule has 7 nitrogen and oxygen atoms in total. The lowest BCUT2D eigenvalue weighted by Gasteiger charge is -2.19. The van der Waals surface area contributed by atoms with Crippen LogP contribution in [-0.4, -0.2) is 36.3 Å². The monoisotopic (exact) mass is 406 g/mol. The zero-order valence-electron chi connectivity index (χ0n) is 16.6. The number of methoxy groups -OCH3 is 1. The van der Waals surface area contributed by atoms with E-state index in [1.807, 2.05) is 29.6 Å². The maximum absolute atomic E-state index is 11.8. The maximum Gasteiger partial charge on any atom is 0.407 e. The molecule has 0 aliphatic carbocycles. The number of esters is 1. The average molecular weight is 407 g/mol. The number of hydrogen-bond acceptors (Lipinski definition) is 7. The normalized spacial score (nSPS) is 11.0. The first-order valence-corrected chi connectivity index (χ1v) is 9.86. The van der Waals surface area contributed by atoms with Crippen molar-refractivity contribution in [1.82, 2.24) is 10.3 Å². The molecule has 1 aromatic heterocycles. The van der Waals surface area contributed by atoms with Crippen molar-refractivity contribution in [3.63, 3.8) is 0 Å². The van der Waals surface area contributed by atoms with Crippen molar-refractivity contribution in [2.24, 2.45) is 0 Å². The van der Waals surface area contributed by atoms with Gasteiger partial charge in [-0.1, -0.05) is 0 Å². The van der Waals surface area contributed by atoms with Crippen LogP contribution < -0.4 is 10.1 Å². The van der Waals surface area contributed by atoms with E-state index < -0.39 is 11.7 Å². The van der Waals surface area contributed by atoms with Gasteiger partial charge < -0.3 is 19.5 Å². The molecule has 0 bridgehead atoms. The zero-order valence-corrected chi connectivity index (χ0v) is 17.4. The molecule has 2 aromatic rings. The predicted octanol–water partition coefficient (Wildman–Crippen LogP) is 4.17. The molecule has 0 spiro atoms. The van der Waals surface area contributed by atoms with Crippen LogP contribution in [0.4, 0.5) is 4.79 Å². The van der Waals surface area contributed by atoms with Gasteiger partial charge >= 0.3 is 12.1 Å². The molecule has 1 heterocycles. The van der Waals surface area contributed by atoms with Gasteiger partial charge in [-0.3, -0.25) is 4.79 Å². The first-order valence-electron chi connectivity index (χ1n) is 8.98. The van der Waals surface area contributed by atoms with Crippen LogP contribution in [-0.2, 0) is 20.9 Å². The van der Waals surface area contributed by atoms with Crippen molar-refractivity contribution < 1.29 is 23.8 Å². The molecule has 8 heteroatoms. The number of nitrogens with one attached hydrogen (secondary N) is 1. The smallest absolute Gasteiger partial charge is 0.407 e. The molecule has 0 saturated heterocycles. The Kier molecular flexibility index (Phi) is 7.80. The Labute approximate surface area is 169 Å². The highest BCUT2D eigenvalue weighted by Crippen LogP contribution is 2.26. The zero-order chi connectivity index (χ0) is 20.6. The van der Waals surface area contributed by atoms with E-state index in [9.17, 15) is 9.59 Å². The minimum absolute atomic E-state index is 0.130. The van der Waals surface area contributed by atoms with Gasteiger partial charge in [0, 0.05) is 23.9 Å². The summed E-state index contributed by atoms with van der Waals surface area (Å²) in [7, 11) is 1.62. The SMILES string of the molecule is COc1ccc(-c2nc(COC(=O)CCCNC(=O)OC(C)(C)C)cs2)cc1. The van der Waals surface area contributed by atoms with E-state index in [4.69, 9.17) is 14.2 Å². The van der Waals surface area contributed by atoms with Gasteiger partial charge in [-0.25, -0.2) is 9.78 Å². The molecule has 1 aromatic carbocycles. The summed E-state index contributed by atoms with van der Waals surface area (Å²) in [4.78, 5) is 27.8. The van der Waals surface area contributed by atoms with E-state index >= 15 is 0 Å². The minimum Gasteiger partial charge on any atom is -0.497 e. The number of amides is 1. The van der Waals surface area contributed by atoms with Gasteiger partial charge in [0.05, 0.1) is 12.8 Å². The molecule has 28 heavy (non-hydrogen) atoms. The van der Waals surface area contributed by atoms with Crippen LogP contribution in [0.2, 0.25) is 0 Å². The fourth-order valence-corrected chi connectivity index (χ4v) is 3.01. The second kappa shape index (κ2) is 10.1. The average Bonchev–Trinajstić information content (AvgIpc) is 3.11. The van der Waals surface area contributed by atoms with Gasteiger partial charge in [-0.2, -0.15) is 0 Å². The van der Waals surface area contributed by atoms with Gasteiger partial charge in [-0.05, 0) is 51.5 Å². The number of hydrogen-bond donors (Lipinski definition) is 1. The van der Waals surface area contributed by atoms with Crippen LogP contribution >= 0.6 is 11.3 Å². The highest BCUT2D eigenvalue weighted by atomic mass is 32.1. The second-order valence-corrected chi connectivity index (χ2v) is 7.92. The van der Waals surface area contributed by atoms with Gasteiger partial charge in [0.2, 0.25) is 0 Å². The Hall–Kier alpha value is -2.61. The van der Waals surface area contributed by atoms with Crippen LogP contribution in [0.25, 0.3) is 10.6 Å². The molecule has 0 atom stereocenters. The number of rotatable bonds is 8. The highest BCUT2D eigenvalue weighted by Gasteiger charge is 2.15. The third-order valence-electron chi connectivity index (χ3n) is 3.50. The Morgan fingerprint density at radius 3 is 2.54 bits per heavy atom. The summed E-state index contributed by atoms with van der Waals surface area (Å²) in [6, 6.07) is 7.62. The number of benzene rings is 1. The Morgan fingerprint density at radius 1 is 1.18 bits per heavy atom. The third kappa shape index (κ3) is 7.56. The highest BCUT2D eigenvalue weighted by molar-refractivity contribution is 7.13. The lowest BCUT2D eigenvalue weighted by molar-refractivity contribution is -0.145. The Bertz CT molecular complexity index is 781. The number of carbonyl (C=O) groups is 2. The predicted molar refractivity (Wildman–Crippen MR) is 107 cm³/mol. The quantitative estimate of drug-likeness (QED) is 0.523. The summed E-state index contributed by atoms with van der Waals surface area (Å²) in [6.45, 7) is 5.86. The van der Waals surface area contributed by atoms with Crippen LogP contribution in [0.5, 0.6) is 5.75 Å². The minimum atomic E-state index is -0.540. The van der Waals surface area contributed by atoms with Gasteiger partial charge in [-0.15, -0.1) is 11.3 Å². The summed E-state index contributed by atoms with van der Waals surface area (Å²) >= 11 is 1.49. The van der Waals surface area contributed by atoms with E-state index in [-0.39, 0.29) is 19.0 Å². The van der Waals surface area contributed by atoms with E-state index in [2.05, 4.69) is 10.3 Å². The molecule has 152 valence electrons. The van der Waals surface area contributed by atoms with Crippen LogP contribution in [0.1, 0.15) is 39.3 Å². The fraction of sp³-hybridized carbons (Fsp3) is 0.450. The summed E-state index contributed by atoms with van der Waals surface area (Å²) in [5, 5.41) is 5.34. The Balaban J connectivity index is 1.69. The van der Waals surface area contributed by atoms with Crippen LogP contribution in [0.3, 0.4) is 0 Å². The molecular formula is C20H26N2O5S. The largest absolute Gasteiger partial charge is 0.497 e. The molecule has 0 saturated carbocycles. The molecule has 0 fully saturated rings. The van der Waals surface area contributed by atoms with Gasteiger partial charge in [0.1, 0.15) is 23.0 Å². The van der Waals surface area contributed by atoms with Crippen LogP contribution in [0.15, 0.2) is 29.6 Å². The second-order valence-electron chi connectivity index (χ2n) is 7.07. The third-order valence-corrected chi connectivity index (χ3v) is 4.44. The summed E-state index contributed by atoms with van der Waals surface area (Å²) < 4.78 is 15.5. The molecule has 1 amide bonds. The first-order chi connectivity index (χ1) is 13.3. The molecule has 0 aliphatic rings. The van der Waals surface area contributed by atoms with Gasteiger partial charge in [0.25, 0.3) is 0 Å². The maximum atomic E-state index is 11.8. The van der Waals surface area contributed by atoms with Crippen molar-refractivity contribution in [3.05, 3.63) is 35.3 Å². The van der Waals surface area contributed by atoms with E-state index in [0.29, 0.717) is 18.7 Å². The molecular weight excluding hydrogens is 380 g/mol. The van der Waals surface area contributed by atoms with Crippen LogP contribution in [0, 0.1) is 0 Å². The molecule has 1 N–H and O–H groups in total. The Morgan fingerprint density at radius 2 is 1.89 bits per heavy atom. The van der Waals surface area contributed by atoms with Crippen molar-refractivity contribution >= 4 is 23.4 Å². The number of carbonyl (C=O) groups excluding carboxylic acids is 2. The fourth-order valence-electron chi connectivity index (χ4n) is 2.20. The van der Waals surface area contributed by atoms with Crippen molar-refractivity contribution in [2.45, 2.75) is 45.8 Å². The topological polar surface area (TPSA) is 86.8 Å². The number of aromatic nitrogens is 1. The standard InChI is InChI=1S/C20H26N2O5S/c1-20(2,3)27-19(24)21-11-5-6-17(23)26-12-15-13-28-18(22-15)14-7-9-16(25-4)10-8-14/h7-10,13H,5-6,11-12H2,1-4H3,(H,21,24). The molecule has 0 radical (unpaired) electrons. The number of thiazole rings is 1. The lowest BCUT2D eigenvalue weighted by atomic mass is 10.2. The summed E-state index contributed by atoms with van der Waals surface area (Å²) in [5.74, 6) is 0.459. The van der Waals surface area contributed by atoms with Crippen molar-refractivity contribution in [3.8, 4) is 16.3 Å². The lowest BCUT2D eigenvalue weighted by Crippen LogP contribution is -2.33. The van der Waals surface area contributed by atoms with Crippen molar-refractivity contribution in [2.75, 3.05) is 13.7 Å². The number of ether oxygens (including phenoxy) is 3. The molecule has 2 rings (SSSR count). The molecule has 0 unspecified atom stereocenters. The van der Waals surface area contributed by atoms with Crippen molar-refractivity contribution in [1.29, 1.82) is 0 Å². The first kappa shape index (κ1) is 21.7. The molecule has 0 aliphatic heterocycles. The van der Waals surface area contributed by atoms with E-state index in [0.717, 1.165) is 16.3 Å². The van der Waals surface area contributed by atoms with Gasteiger partial charge in [0.15, 0.2) is 0 Å². The summed E-state index contributed by atoms with van der Waals surface area (Å²) in [5.41, 5.74) is 1.15.